The van der Waals surface area contributed by atoms with Gasteiger partial charge in [0.2, 0.25) is 0 Å². The molecule has 1 N–H and O–H groups in total. The SMILES string of the molecule is COc1ccc(C=NNC(=O)COc2ccccc2)cc1. The second kappa shape index (κ2) is 7.69. The fourth-order valence-corrected chi connectivity index (χ4v) is 1.57. The fourth-order valence-electron chi connectivity index (χ4n) is 1.57. The van der Waals surface area contributed by atoms with E-state index in [2.05, 4.69) is 10.5 Å². The van der Waals surface area contributed by atoms with Crippen LogP contribution in [0, 0.1) is 0 Å². The number of para-hydroxylation sites is 1. The van der Waals surface area contributed by atoms with E-state index >= 15 is 0 Å². The molecule has 5 heteroatoms. The molecular weight excluding hydrogens is 268 g/mol. The molecule has 108 valence electrons. The van der Waals surface area contributed by atoms with Gasteiger partial charge in [0.1, 0.15) is 11.5 Å². The van der Waals surface area contributed by atoms with Crippen molar-refractivity contribution in [3.63, 3.8) is 0 Å². The second-order valence-electron chi connectivity index (χ2n) is 4.17. The topological polar surface area (TPSA) is 59.9 Å². The molecule has 0 aliphatic carbocycles. The Hall–Kier alpha value is -2.82. The minimum atomic E-state index is -0.316. The van der Waals surface area contributed by atoms with Crippen LogP contribution in [-0.2, 0) is 4.79 Å². The standard InChI is InChI=1S/C16H16N2O3/c1-20-14-9-7-13(8-10-14)11-17-18-16(19)12-21-15-5-3-2-4-6-15/h2-11H,12H2,1H3,(H,18,19). The van der Waals surface area contributed by atoms with Gasteiger partial charge in [-0.25, -0.2) is 5.43 Å². The Kier molecular flexibility index (Phi) is 5.34. The van der Waals surface area contributed by atoms with Crippen molar-refractivity contribution >= 4 is 12.1 Å². The van der Waals surface area contributed by atoms with Gasteiger partial charge in [-0.1, -0.05) is 18.2 Å². The third kappa shape index (κ3) is 4.99. The van der Waals surface area contributed by atoms with Gasteiger partial charge in [-0.2, -0.15) is 5.10 Å². The number of nitrogens with one attached hydrogen (secondary N) is 1. The number of carbonyl (C=O) groups excluding carboxylic acids is 1. The number of rotatable bonds is 6. The number of hydrogen-bond donors (Lipinski definition) is 1. The third-order valence-electron chi connectivity index (χ3n) is 2.63. The molecule has 0 radical (unpaired) electrons. The summed E-state index contributed by atoms with van der Waals surface area (Å²) < 4.78 is 10.4. The Morgan fingerprint density at radius 2 is 1.81 bits per heavy atom. The Bertz CT molecular complexity index is 595. The maximum atomic E-state index is 11.5. The number of amides is 1. The van der Waals surface area contributed by atoms with Gasteiger partial charge in [-0.3, -0.25) is 4.79 Å². The van der Waals surface area contributed by atoms with Crippen molar-refractivity contribution in [2.45, 2.75) is 0 Å². The minimum Gasteiger partial charge on any atom is -0.497 e. The van der Waals surface area contributed by atoms with E-state index in [-0.39, 0.29) is 12.5 Å². The van der Waals surface area contributed by atoms with Gasteiger partial charge >= 0.3 is 0 Å². The third-order valence-corrected chi connectivity index (χ3v) is 2.63. The lowest BCUT2D eigenvalue weighted by Crippen LogP contribution is -2.24. The zero-order chi connectivity index (χ0) is 14.9. The van der Waals surface area contributed by atoms with Crippen molar-refractivity contribution in [2.24, 2.45) is 5.10 Å². The molecule has 2 rings (SSSR count). The Balaban J connectivity index is 1.76. The van der Waals surface area contributed by atoms with E-state index in [0.717, 1.165) is 11.3 Å². The number of ether oxygens (including phenoxy) is 2. The van der Waals surface area contributed by atoms with Crippen molar-refractivity contribution in [3.8, 4) is 11.5 Å². The molecular formula is C16H16N2O3. The highest BCUT2D eigenvalue weighted by molar-refractivity contribution is 5.83. The maximum Gasteiger partial charge on any atom is 0.277 e. The summed E-state index contributed by atoms with van der Waals surface area (Å²) in [6.07, 6.45) is 1.56. The normalized spacial score (nSPS) is 10.3. The molecule has 0 aliphatic heterocycles. The van der Waals surface area contributed by atoms with Crippen LogP contribution in [0.1, 0.15) is 5.56 Å². The van der Waals surface area contributed by atoms with Gasteiger partial charge in [0.25, 0.3) is 5.91 Å². The minimum absolute atomic E-state index is 0.0794. The predicted octanol–water partition coefficient (Wildman–Crippen LogP) is 2.22. The van der Waals surface area contributed by atoms with Gasteiger partial charge in [0.05, 0.1) is 13.3 Å². The molecule has 5 nitrogen and oxygen atoms in total. The Morgan fingerprint density at radius 1 is 1.10 bits per heavy atom. The van der Waals surface area contributed by atoms with Crippen LogP contribution in [0.15, 0.2) is 59.7 Å². The summed E-state index contributed by atoms with van der Waals surface area (Å²) in [6.45, 7) is -0.0794. The first-order valence-electron chi connectivity index (χ1n) is 6.42. The van der Waals surface area contributed by atoms with Crippen molar-refractivity contribution in [3.05, 3.63) is 60.2 Å². The quantitative estimate of drug-likeness (QED) is 0.653. The van der Waals surface area contributed by atoms with E-state index in [4.69, 9.17) is 9.47 Å². The number of methoxy groups -OCH3 is 1. The molecule has 0 aliphatic rings. The average Bonchev–Trinajstić information content (AvgIpc) is 2.54. The first-order chi connectivity index (χ1) is 10.3. The molecule has 2 aromatic rings. The zero-order valence-electron chi connectivity index (χ0n) is 11.7. The van der Waals surface area contributed by atoms with Crippen LogP contribution < -0.4 is 14.9 Å². The number of nitrogens with zero attached hydrogens (tertiary/aromatic N) is 1. The monoisotopic (exact) mass is 284 g/mol. The lowest BCUT2D eigenvalue weighted by Gasteiger charge is -2.04. The first-order valence-corrected chi connectivity index (χ1v) is 6.42. The molecule has 0 saturated heterocycles. The fraction of sp³-hybridized carbons (Fsp3) is 0.125. The van der Waals surface area contributed by atoms with Crippen LogP contribution in [0.25, 0.3) is 0 Å². The van der Waals surface area contributed by atoms with Crippen molar-refractivity contribution in [1.82, 2.24) is 5.43 Å². The molecule has 0 aromatic heterocycles. The predicted molar refractivity (Wildman–Crippen MR) is 80.7 cm³/mol. The molecule has 1 amide bonds. The molecule has 0 atom stereocenters. The van der Waals surface area contributed by atoms with Gasteiger partial charge in [0.15, 0.2) is 6.61 Å². The van der Waals surface area contributed by atoms with Crippen molar-refractivity contribution in [1.29, 1.82) is 0 Å². The molecule has 2 aromatic carbocycles. The summed E-state index contributed by atoms with van der Waals surface area (Å²) in [5.74, 6) is 1.10. The Labute approximate surface area is 123 Å². The van der Waals surface area contributed by atoms with E-state index in [1.165, 1.54) is 0 Å². The maximum absolute atomic E-state index is 11.5. The smallest absolute Gasteiger partial charge is 0.277 e. The van der Waals surface area contributed by atoms with Gasteiger partial charge in [0, 0.05) is 0 Å². The van der Waals surface area contributed by atoms with Crippen LogP contribution in [0.4, 0.5) is 0 Å². The molecule has 0 fully saturated rings. The zero-order valence-corrected chi connectivity index (χ0v) is 11.7. The van der Waals surface area contributed by atoms with Crippen LogP contribution in [-0.4, -0.2) is 25.8 Å². The highest BCUT2D eigenvalue weighted by Gasteiger charge is 2.00. The number of carbonyl (C=O) groups is 1. The molecule has 21 heavy (non-hydrogen) atoms. The molecule has 0 saturated carbocycles. The second-order valence-corrected chi connectivity index (χ2v) is 4.17. The van der Waals surface area contributed by atoms with Gasteiger partial charge < -0.3 is 9.47 Å². The molecule has 0 unspecified atom stereocenters. The number of benzene rings is 2. The van der Waals surface area contributed by atoms with Crippen LogP contribution in [0.5, 0.6) is 11.5 Å². The summed E-state index contributed by atoms with van der Waals surface area (Å²) >= 11 is 0. The van der Waals surface area contributed by atoms with Gasteiger partial charge in [-0.15, -0.1) is 0 Å². The summed E-state index contributed by atoms with van der Waals surface area (Å²) in [6, 6.07) is 16.5. The lowest BCUT2D eigenvalue weighted by molar-refractivity contribution is -0.123. The summed E-state index contributed by atoms with van der Waals surface area (Å²) in [5, 5.41) is 3.86. The Morgan fingerprint density at radius 3 is 2.48 bits per heavy atom. The summed E-state index contributed by atoms with van der Waals surface area (Å²) in [7, 11) is 1.61. The van der Waals surface area contributed by atoms with Crippen molar-refractivity contribution in [2.75, 3.05) is 13.7 Å². The number of hydrogen-bond acceptors (Lipinski definition) is 4. The highest BCUT2D eigenvalue weighted by atomic mass is 16.5. The lowest BCUT2D eigenvalue weighted by atomic mass is 10.2. The largest absolute Gasteiger partial charge is 0.497 e. The molecule has 0 heterocycles. The molecule has 0 spiro atoms. The summed E-state index contributed by atoms with van der Waals surface area (Å²) in [5.41, 5.74) is 3.27. The van der Waals surface area contributed by atoms with Crippen LogP contribution in [0.3, 0.4) is 0 Å². The number of hydrazone groups is 1. The highest BCUT2D eigenvalue weighted by Crippen LogP contribution is 2.09. The van der Waals surface area contributed by atoms with E-state index in [1.807, 2.05) is 42.5 Å². The van der Waals surface area contributed by atoms with Crippen LogP contribution in [0.2, 0.25) is 0 Å². The van der Waals surface area contributed by atoms with Crippen LogP contribution >= 0.6 is 0 Å². The van der Waals surface area contributed by atoms with Gasteiger partial charge in [-0.05, 0) is 42.0 Å². The molecule has 0 bridgehead atoms. The van der Waals surface area contributed by atoms with E-state index in [0.29, 0.717) is 5.75 Å². The first kappa shape index (κ1) is 14.6. The van der Waals surface area contributed by atoms with Crippen molar-refractivity contribution < 1.29 is 14.3 Å². The van der Waals surface area contributed by atoms with E-state index < -0.39 is 0 Å². The van der Waals surface area contributed by atoms with E-state index in [9.17, 15) is 4.79 Å². The summed E-state index contributed by atoms with van der Waals surface area (Å²) in [4.78, 5) is 11.5. The van der Waals surface area contributed by atoms with E-state index in [1.54, 1.807) is 25.5 Å². The average molecular weight is 284 g/mol.